The molecule has 0 bridgehead atoms. The summed E-state index contributed by atoms with van der Waals surface area (Å²) in [5, 5.41) is 5.52. The fourth-order valence-electron chi connectivity index (χ4n) is 3.79. The SMILES string of the molecule is Cc1nc(C(=O)N2CCc3[nH]c4ccccc4c3C2)nn1-c1ccc(F)cc1. The molecule has 4 aromatic rings. The van der Waals surface area contributed by atoms with Crippen molar-refractivity contribution >= 4 is 16.8 Å². The Labute approximate surface area is 160 Å². The van der Waals surface area contributed by atoms with E-state index in [0.717, 1.165) is 22.9 Å². The summed E-state index contributed by atoms with van der Waals surface area (Å²) >= 11 is 0. The number of carbonyl (C=O) groups excluding carboxylic acids is 1. The Morgan fingerprint density at radius 2 is 1.93 bits per heavy atom. The molecule has 3 heterocycles. The highest BCUT2D eigenvalue weighted by Gasteiger charge is 2.27. The van der Waals surface area contributed by atoms with Gasteiger partial charge in [0.15, 0.2) is 0 Å². The normalized spacial score (nSPS) is 13.7. The van der Waals surface area contributed by atoms with Crippen LogP contribution in [0.1, 0.15) is 27.7 Å². The van der Waals surface area contributed by atoms with E-state index in [1.54, 1.807) is 28.6 Å². The lowest BCUT2D eigenvalue weighted by Crippen LogP contribution is -2.36. The number of para-hydroxylation sites is 1. The monoisotopic (exact) mass is 375 g/mol. The Morgan fingerprint density at radius 3 is 2.75 bits per heavy atom. The smallest absolute Gasteiger partial charge is 0.293 e. The number of benzene rings is 2. The van der Waals surface area contributed by atoms with Crippen molar-refractivity contribution in [3.63, 3.8) is 0 Å². The van der Waals surface area contributed by atoms with Gasteiger partial charge in [0.05, 0.1) is 5.69 Å². The van der Waals surface area contributed by atoms with Crippen molar-refractivity contribution in [2.75, 3.05) is 6.54 Å². The number of H-pyrrole nitrogens is 1. The zero-order valence-corrected chi connectivity index (χ0v) is 15.3. The zero-order valence-electron chi connectivity index (χ0n) is 15.3. The third kappa shape index (κ3) is 2.67. The lowest BCUT2D eigenvalue weighted by molar-refractivity contribution is 0.0722. The van der Waals surface area contributed by atoms with Crippen LogP contribution in [0.4, 0.5) is 4.39 Å². The molecule has 0 aliphatic carbocycles. The molecular weight excluding hydrogens is 357 g/mol. The molecule has 0 fully saturated rings. The fourth-order valence-corrected chi connectivity index (χ4v) is 3.79. The first-order valence-corrected chi connectivity index (χ1v) is 9.17. The molecule has 1 amide bonds. The number of nitrogens with zero attached hydrogens (tertiary/aromatic N) is 4. The molecule has 1 aliphatic rings. The van der Waals surface area contributed by atoms with E-state index in [2.05, 4.69) is 27.2 Å². The number of carbonyl (C=O) groups is 1. The molecular formula is C21H18FN5O. The molecule has 0 radical (unpaired) electrons. The molecule has 0 saturated carbocycles. The van der Waals surface area contributed by atoms with Crippen LogP contribution in [0.5, 0.6) is 0 Å². The quantitative estimate of drug-likeness (QED) is 0.584. The molecule has 2 aromatic heterocycles. The van der Waals surface area contributed by atoms with Gasteiger partial charge in [-0.1, -0.05) is 18.2 Å². The van der Waals surface area contributed by atoms with Crippen LogP contribution in [0.25, 0.3) is 16.6 Å². The Morgan fingerprint density at radius 1 is 1.14 bits per heavy atom. The van der Waals surface area contributed by atoms with E-state index in [1.807, 2.05) is 12.1 Å². The van der Waals surface area contributed by atoms with Gasteiger partial charge in [-0.3, -0.25) is 4.79 Å². The molecule has 5 rings (SSSR count). The van der Waals surface area contributed by atoms with E-state index >= 15 is 0 Å². The first-order valence-electron chi connectivity index (χ1n) is 9.17. The summed E-state index contributed by atoms with van der Waals surface area (Å²) in [6, 6.07) is 14.1. The van der Waals surface area contributed by atoms with Crippen molar-refractivity contribution in [2.24, 2.45) is 0 Å². The van der Waals surface area contributed by atoms with Gasteiger partial charge in [0.2, 0.25) is 5.82 Å². The van der Waals surface area contributed by atoms with Crippen LogP contribution < -0.4 is 0 Å². The van der Waals surface area contributed by atoms with Gasteiger partial charge in [0.1, 0.15) is 11.6 Å². The van der Waals surface area contributed by atoms with Crippen molar-refractivity contribution in [1.82, 2.24) is 24.6 Å². The van der Waals surface area contributed by atoms with E-state index in [4.69, 9.17) is 0 Å². The van der Waals surface area contributed by atoms with Crippen LogP contribution in [-0.2, 0) is 13.0 Å². The van der Waals surface area contributed by atoms with Crippen LogP contribution >= 0.6 is 0 Å². The number of amides is 1. The van der Waals surface area contributed by atoms with E-state index in [9.17, 15) is 9.18 Å². The topological polar surface area (TPSA) is 66.8 Å². The average Bonchev–Trinajstić information content (AvgIpc) is 3.28. The first-order chi connectivity index (χ1) is 13.6. The Kier molecular flexibility index (Phi) is 3.75. The summed E-state index contributed by atoms with van der Waals surface area (Å²) in [6.07, 6.45) is 0.771. The maximum atomic E-state index is 13.2. The summed E-state index contributed by atoms with van der Waals surface area (Å²) in [5.74, 6) is 0.227. The largest absolute Gasteiger partial charge is 0.358 e. The van der Waals surface area contributed by atoms with E-state index in [-0.39, 0.29) is 17.5 Å². The summed E-state index contributed by atoms with van der Waals surface area (Å²) in [4.78, 5) is 22.6. The zero-order chi connectivity index (χ0) is 19.3. The number of hydrogen-bond donors (Lipinski definition) is 1. The lowest BCUT2D eigenvalue weighted by Gasteiger charge is -2.26. The molecule has 6 nitrogen and oxygen atoms in total. The minimum absolute atomic E-state index is 0.158. The molecule has 28 heavy (non-hydrogen) atoms. The molecule has 0 spiro atoms. The van der Waals surface area contributed by atoms with Gasteiger partial charge in [-0.05, 0) is 37.3 Å². The van der Waals surface area contributed by atoms with Crippen LogP contribution in [0.15, 0.2) is 48.5 Å². The maximum Gasteiger partial charge on any atom is 0.293 e. The number of hydrogen-bond acceptors (Lipinski definition) is 3. The summed E-state index contributed by atoms with van der Waals surface area (Å²) < 4.78 is 14.7. The van der Waals surface area contributed by atoms with Gasteiger partial charge >= 0.3 is 0 Å². The molecule has 0 saturated heterocycles. The predicted molar refractivity (Wildman–Crippen MR) is 103 cm³/mol. The number of rotatable bonds is 2. The average molecular weight is 375 g/mol. The van der Waals surface area contributed by atoms with Gasteiger partial charge in [0.25, 0.3) is 5.91 Å². The number of aromatic nitrogens is 4. The second kappa shape index (κ2) is 6.30. The highest BCUT2D eigenvalue weighted by atomic mass is 19.1. The molecule has 7 heteroatoms. The van der Waals surface area contributed by atoms with Crippen LogP contribution in [0.3, 0.4) is 0 Å². The molecule has 1 aliphatic heterocycles. The Bertz CT molecular complexity index is 1190. The lowest BCUT2D eigenvalue weighted by atomic mass is 10.0. The fraction of sp³-hybridized carbons (Fsp3) is 0.190. The van der Waals surface area contributed by atoms with Gasteiger partial charge in [-0.2, -0.15) is 0 Å². The van der Waals surface area contributed by atoms with E-state index in [0.29, 0.717) is 24.6 Å². The second-order valence-electron chi connectivity index (χ2n) is 6.98. The summed E-state index contributed by atoms with van der Waals surface area (Å²) in [6.45, 7) is 2.92. The van der Waals surface area contributed by atoms with Crippen molar-refractivity contribution in [3.8, 4) is 5.69 Å². The molecule has 2 aromatic carbocycles. The van der Waals surface area contributed by atoms with Crippen molar-refractivity contribution in [1.29, 1.82) is 0 Å². The number of aromatic amines is 1. The number of halogens is 1. The molecule has 0 unspecified atom stereocenters. The Hall–Kier alpha value is -3.48. The van der Waals surface area contributed by atoms with Crippen molar-refractivity contribution in [3.05, 3.63) is 77.3 Å². The number of nitrogens with one attached hydrogen (secondary N) is 1. The molecule has 0 atom stereocenters. The van der Waals surface area contributed by atoms with Gasteiger partial charge in [-0.25, -0.2) is 14.1 Å². The molecule has 140 valence electrons. The van der Waals surface area contributed by atoms with Crippen LogP contribution in [0, 0.1) is 12.7 Å². The maximum absolute atomic E-state index is 13.2. The van der Waals surface area contributed by atoms with Crippen LogP contribution in [-0.4, -0.2) is 37.1 Å². The number of aryl methyl sites for hydroxylation is 1. The first kappa shape index (κ1) is 16.7. The van der Waals surface area contributed by atoms with Gasteiger partial charge in [-0.15, -0.1) is 5.10 Å². The van der Waals surface area contributed by atoms with Crippen molar-refractivity contribution < 1.29 is 9.18 Å². The summed E-state index contributed by atoms with van der Waals surface area (Å²) in [7, 11) is 0. The second-order valence-corrected chi connectivity index (χ2v) is 6.98. The van der Waals surface area contributed by atoms with Gasteiger partial charge in [0, 0.05) is 41.7 Å². The third-order valence-corrected chi connectivity index (χ3v) is 5.20. The predicted octanol–water partition coefficient (Wildman–Crippen LogP) is 3.39. The van der Waals surface area contributed by atoms with Crippen LogP contribution in [0.2, 0.25) is 0 Å². The highest BCUT2D eigenvalue weighted by molar-refractivity contribution is 5.92. The molecule has 1 N–H and O–H groups in total. The number of fused-ring (bicyclic) bond motifs is 3. The highest BCUT2D eigenvalue weighted by Crippen LogP contribution is 2.28. The minimum Gasteiger partial charge on any atom is -0.358 e. The minimum atomic E-state index is -0.319. The standard InChI is InChI=1S/C21H18FN5O/c1-13-23-20(25-27(13)15-8-6-14(22)7-9-15)21(28)26-11-10-19-17(12-26)16-4-2-3-5-18(16)24-19/h2-9,24H,10-12H2,1H3. The summed E-state index contributed by atoms with van der Waals surface area (Å²) in [5.41, 5.74) is 4.11. The van der Waals surface area contributed by atoms with Gasteiger partial charge < -0.3 is 9.88 Å². The van der Waals surface area contributed by atoms with E-state index < -0.39 is 0 Å². The Balaban J connectivity index is 1.44. The van der Waals surface area contributed by atoms with E-state index in [1.165, 1.54) is 17.8 Å². The van der Waals surface area contributed by atoms with Crippen molar-refractivity contribution in [2.45, 2.75) is 19.9 Å². The third-order valence-electron chi connectivity index (χ3n) is 5.20.